The Hall–Kier alpha value is -1.35. The lowest BCUT2D eigenvalue weighted by Gasteiger charge is -2.23. The van der Waals surface area contributed by atoms with Crippen molar-refractivity contribution >= 4 is 5.91 Å². The molecule has 1 fully saturated rings. The van der Waals surface area contributed by atoms with Gasteiger partial charge in [0, 0.05) is 26.1 Å². The van der Waals surface area contributed by atoms with E-state index < -0.39 is 0 Å². The van der Waals surface area contributed by atoms with Gasteiger partial charge in [-0.25, -0.2) is 0 Å². The minimum atomic E-state index is 0.281. The van der Waals surface area contributed by atoms with Crippen LogP contribution in [0.2, 0.25) is 0 Å². The second-order valence-electron chi connectivity index (χ2n) is 6.25. The Kier molecular flexibility index (Phi) is 4.25. The summed E-state index contributed by atoms with van der Waals surface area (Å²) in [7, 11) is 0. The first-order chi connectivity index (χ1) is 9.00. The van der Waals surface area contributed by atoms with Gasteiger partial charge >= 0.3 is 0 Å². The van der Waals surface area contributed by atoms with Crippen molar-refractivity contribution in [1.82, 2.24) is 4.90 Å². The van der Waals surface area contributed by atoms with Crippen molar-refractivity contribution in [3.63, 3.8) is 0 Å². The number of carbonyl (C=O) groups is 1. The highest BCUT2D eigenvalue weighted by Gasteiger charge is 2.27. The Morgan fingerprint density at radius 1 is 1.26 bits per heavy atom. The summed E-state index contributed by atoms with van der Waals surface area (Å²) < 4.78 is 0. The fourth-order valence-corrected chi connectivity index (χ4v) is 2.53. The molecule has 1 aliphatic rings. The normalized spacial score (nSPS) is 19.3. The van der Waals surface area contributed by atoms with Crippen LogP contribution >= 0.6 is 0 Å². The van der Waals surface area contributed by atoms with Crippen molar-refractivity contribution in [1.29, 1.82) is 0 Å². The van der Waals surface area contributed by atoms with Crippen LogP contribution in [0.3, 0.4) is 0 Å². The van der Waals surface area contributed by atoms with Gasteiger partial charge in [-0.2, -0.15) is 0 Å². The molecule has 0 unspecified atom stereocenters. The van der Waals surface area contributed by atoms with E-state index in [1.165, 1.54) is 5.56 Å². The number of hydrogen-bond donors (Lipinski definition) is 1. The van der Waals surface area contributed by atoms with Crippen LogP contribution in [-0.4, -0.2) is 17.4 Å². The van der Waals surface area contributed by atoms with Crippen LogP contribution in [0.4, 0.5) is 0 Å². The predicted molar refractivity (Wildman–Crippen MR) is 77.4 cm³/mol. The van der Waals surface area contributed by atoms with E-state index in [1.807, 2.05) is 17.0 Å². The van der Waals surface area contributed by atoms with E-state index in [9.17, 15) is 4.79 Å². The van der Waals surface area contributed by atoms with Gasteiger partial charge in [-0.15, -0.1) is 0 Å². The smallest absolute Gasteiger partial charge is 0.222 e. The third-order valence-electron chi connectivity index (χ3n) is 4.03. The van der Waals surface area contributed by atoms with Crippen molar-refractivity contribution in [3.05, 3.63) is 35.4 Å². The highest BCUT2D eigenvalue weighted by atomic mass is 16.2. The highest BCUT2D eigenvalue weighted by molar-refractivity contribution is 5.76. The Bertz CT molecular complexity index is 454. The van der Waals surface area contributed by atoms with Crippen LogP contribution in [0, 0.1) is 5.41 Å². The molecule has 0 aromatic heterocycles. The SMILES string of the molecule is CC1(C)CCC(=O)N(Cc2cccc(CN)c2)CC1. The van der Waals surface area contributed by atoms with E-state index in [1.54, 1.807) is 0 Å². The molecule has 0 saturated carbocycles. The van der Waals surface area contributed by atoms with E-state index in [2.05, 4.69) is 26.0 Å². The largest absolute Gasteiger partial charge is 0.338 e. The molecule has 1 amide bonds. The van der Waals surface area contributed by atoms with Gasteiger partial charge in [-0.3, -0.25) is 4.79 Å². The number of nitrogens with two attached hydrogens (primary N) is 1. The topological polar surface area (TPSA) is 46.3 Å². The Morgan fingerprint density at radius 2 is 2.00 bits per heavy atom. The van der Waals surface area contributed by atoms with Crippen LogP contribution in [0.25, 0.3) is 0 Å². The predicted octanol–water partition coefficient (Wildman–Crippen LogP) is 2.68. The average Bonchev–Trinajstić information content (AvgIpc) is 2.52. The fraction of sp³-hybridized carbons (Fsp3) is 0.562. The standard InChI is InChI=1S/C16H24N2O/c1-16(2)7-6-15(19)18(9-8-16)12-14-5-3-4-13(10-14)11-17/h3-5,10H,6-9,11-12,17H2,1-2H3. The van der Waals surface area contributed by atoms with Gasteiger partial charge in [0.1, 0.15) is 0 Å². The second kappa shape index (κ2) is 5.74. The number of likely N-dealkylation sites (tertiary alicyclic amines) is 1. The summed E-state index contributed by atoms with van der Waals surface area (Å²) in [6.07, 6.45) is 2.74. The Balaban J connectivity index is 2.06. The van der Waals surface area contributed by atoms with E-state index in [0.717, 1.165) is 24.9 Å². The van der Waals surface area contributed by atoms with Gasteiger partial charge in [0.15, 0.2) is 0 Å². The molecule has 1 aromatic rings. The third-order valence-corrected chi connectivity index (χ3v) is 4.03. The Morgan fingerprint density at radius 3 is 2.74 bits per heavy atom. The quantitative estimate of drug-likeness (QED) is 0.908. The zero-order valence-corrected chi connectivity index (χ0v) is 12.0. The molecule has 3 heteroatoms. The second-order valence-corrected chi connectivity index (χ2v) is 6.25. The lowest BCUT2D eigenvalue weighted by Crippen LogP contribution is -2.30. The van der Waals surface area contributed by atoms with Gasteiger partial charge in [-0.1, -0.05) is 38.1 Å². The van der Waals surface area contributed by atoms with Crippen molar-refractivity contribution in [2.75, 3.05) is 6.54 Å². The van der Waals surface area contributed by atoms with E-state index in [4.69, 9.17) is 5.73 Å². The fourth-order valence-electron chi connectivity index (χ4n) is 2.53. The molecule has 0 spiro atoms. The summed E-state index contributed by atoms with van der Waals surface area (Å²) in [5.74, 6) is 0.281. The molecule has 0 aliphatic carbocycles. The third kappa shape index (κ3) is 3.80. The molecule has 0 bridgehead atoms. The molecule has 0 atom stereocenters. The first-order valence-electron chi connectivity index (χ1n) is 7.06. The summed E-state index contributed by atoms with van der Waals surface area (Å²) in [4.78, 5) is 14.2. The van der Waals surface area contributed by atoms with Crippen molar-refractivity contribution in [2.24, 2.45) is 11.1 Å². The zero-order valence-electron chi connectivity index (χ0n) is 12.0. The number of carbonyl (C=O) groups excluding carboxylic acids is 1. The lowest BCUT2D eigenvalue weighted by molar-refractivity contribution is -0.131. The molecule has 1 heterocycles. The summed E-state index contributed by atoms with van der Waals surface area (Å²) in [5.41, 5.74) is 8.24. The first-order valence-corrected chi connectivity index (χ1v) is 7.06. The van der Waals surface area contributed by atoms with Crippen molar-refractivity contribution < 1.29 is 4.79 Å². The Labute approximate surface area is 115 Å². The minimum absolute atomic E-state index is 0.281. The molecule has 104 valence electrons. The summed E-state index contributed by atoms with van der Waals surface area (Å²) in [6.45, 7) is 6.62. The first kappa shape index (κ1) is 14.1. The maximum Gasteiger partial charge on any atom is 0.222 e. The highest BCUT2D eigenvalue weighted by Crippen LogP contribution is 2.30. The molecule has 2 N–H and O–H groups in total. The number of amides is 1. The molecule has 1 aromatic carbocycles. The molecular weight excluding hydrogens is 236 g/mol. The van der Waals surface area contributed by atoms with Crippen LogP contribution in [-0.2, 0) is 17.9 Å². The van der Waals surface area contributed by atoms with Crippen LogP contribution in [0.15, 0.2) is 24.3 Å². The van der Waals surface area contributed by atoms with E-state index in [-0.39, 0.29) is 11.3 Å². The average molecular weight is 260 g/mol. The van der Waals surface area contributed by atoms with Crippen LogP contribution < -0.4 is 5.73 Å². The maximum absolute atomic E-state index is 12.2. The lowest BCUT2D eigenvalue weighted by atomic mass is 9.85. The molecular formula is C16H24N2O. The van der Waals surface area contributed by atoms with Crippen LogP contribution in [0.5, 0.6) is 0 Å². The van der Waals surface area contributed by atoms with Gasteiger partial charge < -0.3 is 10.6 Å². The number of nitrogens with zero attached hydrogens (tertiary/aromatic N) is 1. The molecule has 3 nitrogen and oxygen atoms in total. The van der Waals surface area contributed by atoms with E-state index >= 15 is 0 Å². The molecule has 1 aliphatic heterocycles. The van der Waals surface area contributed by atoms with Gasteiger partial charge in [-0.05, 0) is 29.4 Å². The van der Waals surface area contributed by atoms with Crippen LogP contribution in [0.1, 0.15) is 44.2 Å². The zero-order chi connectivity index (χ0) is 13.9. The minimum Gasteiger partial charge on any atom is -0.338 e. The molecule has 19 heavy (non-hydrogen) atoms. The molecule has 1 saturated heterocycles. The monoisotopic (exact) mass is 260 g/mol. The van der Waals surface area contributed by atoms with Crippen molar-refractivity contribution in [3.8, 4) is 0 Å². The summed E-state index contributed by atoms with van der Waals surface area (Å²) in [5, 5.41) is 0. The van der Waals surface area contributed by atoms with Gasteiger partial charge in [0.05, 0.1) is 0 Å². The van der Waals surface area contributed by atoms with Gasteiger partial charge in [0.25, 0.3) is 0 Å². The molecule has 0 radical (unpaired) electrons. The van der Waals surface area contributed by atoms with E-state index in [0.29, 0.717) is 19.5 Å². The number of rotatable bonds is 3. The number of benzene rings is 1. The maximum atomic E-state index is 12.2. The summed E-state index contributed by atoms with van der Waals surface area (Å²) >= 11 is 0. The van der Waals surface area contributed by atoms with Crippen molar-refractivity contribution in [2.45, 2.75) is 46.2 Å². The summed E-state index contributed by atoms with van der Waals surface area (Å²) in [6, 6.07) is 8.21. The molecule has 2 rings (SSSR count). The number of hydrogen-bond acceptors (Lipinski definition) is 2. The van der Waals surface area contributed by atoms with Gasteiger partial charge in [0.2, 0.25) is 5.91 Å².